The van der Waals surface area contributed by atoms with Crippen LogP contribution in [0.1, 0.15) is 24.8 Å². The molecule has 2 rings (SSSR count). The summed E-state index contributed by atoms with van der Waals surface area (Å²) in [7, 11) is 1.95. The third kappa shape index (κ3) is 2.38. The van der Waals surface area contributed by atoms with E-state index in [-0.39, 0.29) is 10.8 Å². The Balaban J connectivity index is 2.09. The van der Waals surface area contributed by atoms with Crippen molar-refractivity contribution in [1.82, 2.24) is 5.32 Å². The molecule has 0 bridgehead atoms. The molecule has 1 nitrogen and oxygen atoms in total. The number of rotatable bonds is 4. The van der Waals surface area contributed by atoms with Crippen molar-refractivity contribution in [3.8, 4) is 0 Å². The van der Waals surface area contributed by atoms with E-state index in [2.05, 4.69) is 5.32 Å². The zero-order valence-corrected chi connectivity index (χ0v) is 10.2. The van der Waals surface area contributed by atoms with E-state index in [1.165, 1.54) is 19.3 Å². The Kier molecular flexibility index (Phi) is 3.82. The van der Waals surface area contributed by atoms with Crippen LogP contribution in [0.2, 0.25) is 5.02 Å². The first-order valence-corrected chi connectivity index (χ1v) is 6.20. The van der Waals surface area contributed by atoms with Gasteiger partial charge in [0.2, 0.25) is 0 Å². The van der Waals surface area contributed by atoms with Crippen LogP contribution in [0.4, 0.5) is 4.39 Å². The minimum atomic E-state index is -0.260. The van der Waals surface area contributed by atoms with Gasteiger partial charge in [-0.15, -0.1) is 0 Å². The number of nitrogens with one attached hydrogen (secondary N) is 1. The van der Waals surface area contributed by atoms with Crippen LogP contribution in [-0.4, -0.2) is 13.1 Å². The highest BCUT2D eigenvalue weighted by Crippen LogP contribution is 2.31. The zero-order chi connectivity index (χ0) is 11.5. The van der Waals surface area contributed by atoms with Gasteiger partial charge in [-0.1, -0.05) is 30.2 Å². The maximum absolute atomic E-state index is 13.7. The average molecular weight is 242 g/mol. The van der Waals surface area contributed by atoms with Crippen LogP contribution >= 0.6 is 11.6 Å². The van der Waals surface area contributed by atoms with Crippen molar-refractivity contribution in [3.63, 3.8) is 0 Å². The lowest BCUT2D eigenvalue weighted by atomic mass is 9.77. The Morgan fingerprint density at radius 2 is 2.25 bits per heavy atom. The van der Waals surface area contributed by atoms with Gasteiger partial charge in [0.15, 0.2) is 0 Å². The quantitative estimate of drug-likeness (QED) is 0.852. The third-order valence-electron chi connectivity index (χ3n) is 3.56. The second-order valence-electron chi connectivity index (χ2n) is 4.50. The summed E-state index contributed by atoms with van der Waals surface area (Å²) in [6.45, 7) is 0. The fraction of sp³-hybridized carbons (Fsp3) is 0.538. The molecule has 88 valence electrons. The van der Waals surface area contributed by atoms with Gasteiger partial charge in [-0.3, -0.25) is 0 Å². The van der Waals surface area contributed by atoms with Gasteiger partial charge in [-0.05, 0) is 43.9 Å². The zero-order valence-electron chi connectivity index (χ0n) is 9.47. The molecule has 1 aliphatic carbocycles. The summed E-state index contributed by atoms with van der Waals surface area (Å²) in [5, 5.41) is 3.51. The predicted octanol–water partition coefficient (Wildman–Crippen LogP) is 3.41. The van der Waals surface area contributed by atoms with Crippen LogP contribution in [0, 0.1) is 11.7 Å². The molecule has 1 fully saturated rings. The third-order valence-corrected chi connectivity index (χ3v) is 3.85. The molecule has 0 aliphatic heterocycles. The number of likely N-dealkylation sites (N-methyl/N-ethyl adjacent to an activating group) is 1. The van der Waals surface area contributed by atoms with E-state index in [9.17, 15) is 4.39 Å². The summed E-state index contributed by atoms with van der Waals surface area (Å²) in [5.74, 6) is 0.437. The summed E-state index contributed by atoms with van der Waals surface area (Å²) in [4.78, 5) is 0. The molecular formula is C13H17ClFN. The fourth-order valence-electron chi connectivity index (χ4n) is 2.29. The lowest BCUT2D eigenvalue weighted by molar-refractivity contribution is 0.234. The summed E-state index contributed by atoms with van der Waals surface area (Å²) in [6, 6.07) is 5.61. The van der Waals surface area contributed by atoms with Gasteiger partial charge >= 0.3 is 0 Å². The second-order valence-corrected chi connectivity index (χ2v) is 4.91. The van der Waals surface area contributed by atoms with Crippen LogP contribution in [0.5, 0.6) is 0 Å². The van der Waals surface area contributed by atoms with Crippen molar-refractivity contribution in [3.05, 3.63) is 34.6 Å². The Bertz CT molecular complexity index is 363. The van der Waals surface area contributed by atoms with Gasteiger partial charge in [0.05, 0.1) is 5.02 Å². The highest BCUT2D eigenvalue weighted by atomic mass is 35.5. The minimum Gasteiger partial charge on any atom is -0.316 e. The van der Waals surface area contributed by atoms with Crippen molar-refractivity contribution in [2.75, 3.05) is 7.05 Å². The van der Waals surface area contributed by atoms with Crippen LogP contribution in [-0.2, 0) is 6.42 Å². The SMILES string of the molecule is CNC(Cc1cccc(Cl)c1F)C1CCC1. The molecule has 1 aromatic rings. The smallest absolute Gasteiger partial charge is 0.145 e. The molecule has 0 heterocycles. The predicted molar refractivity (Wildman–Crippen MR) is 65.3 cm³/mol. The van der Waals surface area contributed by atoms with Crippen molar-refractivity contribution >= 4 is 11.6 Å². The van der Waals surface area contributed by atoms with Gasteiger partial charge in [0.25, 0.3) is 0 Å². The number of halogens is 2. The van der Waals surface area contributed by atoms with E-state index >= 15 is 0 Å². The molecule has 1 saturated carbocycles. The first-order chi connectivity index (χ1) is 7.72. The van der Waals surface area contributed by atoms with Gasteiger partial charge in [-0.2, -0.15) is 0 Å². The fourth-order valence-corrected chi connectivity index (χ4v) is 2.48. The summed E-state index contributed by atoms with van der Waals surface area (Å²) < 4.78 is 13.7. The lowest BCUT2D eigenvalue weighted by Crippen LogP contribution is -2.39. The van der Waals surface area contributed by atoms with E-state index in [4.69, 9.17) is 11.6 Å². The Morgan fingerprint density at radius 1 is 1.50 bits per heavy atom. The largest absolute Gasteiger partial charge is 0.316 e. The Labute approximate surface area is 101 Å². The van der Waals surface area contributed by atoms with Crippen LogP contribution in [0.25, 0.3) is 0 Å². The maximum atomic E-state index is 13.7. The van der Waals surface area contributed by atoms with Crippen molar-refractivity contribution in [1.29, 1.82) is 0 Å². The van der Waals surface area contributed by atoms with E-state index in [1.807, 2.05) is 19.2 Å². The van der Waals surface area contributed by atoms with E-state index in [0.29, 0.717) is 12.0 Å². The van der Waals surface area contributed by atoms with Gasteiger partial charge < -0.3 is 5.32 Å². The average Bonchev–Trinajstić information content (AvgIpc) is 2.21. The molecule has 1 N–H and O–H groups in total. The lowest BCUT2D eigenvalue weighted by Gasteiger charge is -2.33. The van der Waals surface area contributed by atoms with Crippen LogP contribution in [0.3, 0.4) is 0 Å². The Hall–Kier alpha value is -0.600. The Morgan fingerprint density at radius 3 is 2.81 bits per heavy atom. The number of hydrogen-bond acceptors (Lipinski definition) is 1. The molecule has 0 saturated heterocycles. The highest BCUT2D eigenvalue weighted by molar-refractivity contribution is 6.30. The standard InChI is InChI=1S/C13H17ClFN/c1-16-12(9-4-2-5-9)8-10-6-3-7-11(14)13(10)15/h3,6-7,9,12,16H,2,4-5,8H2,1H3. The molecule has 0 aromatic heterocycles. The first kappa shape index (κ1) is 11.9. The van der Waals surface area contributed by atoms with Crippen molar-refractivity contribution in [2.24, 2.45) is 5.92 Å². The molecule has 1 atom stereocenters. The van der Waals surface area contributed by atoms with E-state index in [1.54, 1.807) is 6.07 Å². The molecular weight excluding hydrogens is 225 g/mol. The minimum absolute atomic E-state index is 0.223. The maximum Gasteiger partial charge on any atom is 0.145 e. The summed E-state index contributed by atoms with van der Waals surface area (Å²) >= 11 is 5.77. The molecule has 0 amide bonds. The van der Waals surface area contributed by atoms with E-state index in [0.717, 1.165) is 12.0 Å². The summed E-state index contributed by atoms with van der Waals surface area (Å²) in [5.41, 5.74) is 0.721. The second kappa shape index (κ2) is 5.15. The topological polar surface area (TPSA) is 12.0 Å². The van der Waals surface area contributed by atoms with Crippen LogP contribution < -0.4 is 5.32 Å². The normalized spacial score (nSPS) is 18.2. The molecule has 0 spiro atoms. The monoisotopic (exact) mass is 241 g/mol. The molecule has 0 radical (unpaired) electrons. The van der Waals surface area contributed by atoms with Crippen LogP contribution in [0.15, 0.2) is 18.2 Å². The van der Waals surface area contributed by atoms with Gasteiger partial charge in [0, 0.05) is 6.04 Å². The molecule has 16 heavy (non-hydrogen) atoms. The van der Waals surface area contributed by atoms with Gasteiger partial charge in [-0.25, -0.2) is 4.39 Å². The first-order valence-electron chi connectivity index (χ1n) is 5.82. The number of hydrogen-bond donors (Lipinski definition) is 1. The number of benzene rings is 1. The molecule has 3 heteroatoms. The highest BCUT2D eigenvalue weighted by Gasteiger charge is 2.26. The molecule has 1 aliphatic rings. The van der Waals surface area contributed by atoms with Crippen molar-refractivity contribution in [2.45, 2.75) is 31.7 Å². The van der Waals surface area contributed by atoms with Gasteiger partial charge in [0.1, 0.15) is 5.82 Å². The molecule has 1 unspecified atom stereocenters. The van der Waals surface area contributed by atoms with E-state index < -0.39 is 0 Å². The summed E-state index contributed by atoms with van der Waals surface area (Å²) in [6.07, 6.45) is 4.55. The van der Waals surface area contributed by atoms with Crippen molar-refractivity contribution < 1.29 is 4.39 Å². The molecule has 1 aromatic carbocycles.